The van der Waals surface area contributed by atoms with Crippen molar-refractivity contribution >= 4 is 84.1 Å². The number of rotatable bonds is 25. The highest BCUT2D eigenvalue weighted by Gasteiger charge is 2.68. The number of unbranched alkanes of at least 4 members (excludes halogenated alkanes) is 2. The number of hydrogen-bond donors (Lipinski definition) is 4. The van der Waals surface area contributed by atoms with Crippen LogP contribution >= 0.6 is 11.8 Å². The highest BCUT2D eigenvalue weighted by Crippen LogP contribution is 2.79. The van der Waals surface area contributed by atoms with Gasteiger partial charge in [0.2, 0.25) is 17.7 Å². The number of amides is 6. The molecule has 92 heavy (non-hydrogen) atoms. The maximum Gasteiger partial charge on any atom is 0.501 e. The molecule has 4 aliphatic heterocycles. The third kappa shape index (κ3) is 14.5. The van der Waals surface area contributed by atoms with E-state index in [9.17, 15) is 58.8 Å². The highest BCUT2D eigenvalue weighted by atomic mass is 32.2. The van der Waals surface area contributed by atoms with Crippen molar-refractivity contribution in [1.29, 1.82) is 0 Å². The molecule has 3 saturated heterocycles. The Bertz CT molecular complexity index is 3740. The number of anilines is 3. The van der Waals surface area contributed by atoms with Crippen LogP contribution in [0.4, 0.5) is 30.2 Å². The summed E-state index contributed by atoms with van der Waals surface area (Å²) in [6.45, 7) is 15.5. The standard InChI is InChI=1S/C67H82F3N9O10S3/c1-4-65-42-66(43-65,44-65)52-39-64(2,3)27-25-46(52)40-77-34-36-78(37-35-77)48-19-17-45(18-20-48)60(82)74-92(88,89)50-21-22-53(56(38-50)91(86,87)67(68,69)70)71-47(41-90-49-12-7-5-8-13-49)26-29-76-32-30-75(31-33-76)28-10-6-9-16-57(80)72-54-15-11-14-51-59(54)63(85)79(62(51)84)55-23-24-58(81)73-61(55)83/h5,7-8,11-15,17-22,38,47,55,71H,4,6,9-10,16,23-37,39-44H2,1-3H3,(H,72,80)(H,74,82)(H,73,81,83)/t47-,55?,65?,66?/m1/s1. The van der Waals surface area contributed by atoms with Crippen LogP contribution in [0.15, 0.2) is 117 Å². The highest BCUT2D eigenvalue weighted by molar-refractivity contribution is 7.99. The fourth-order valence-electron chi connectivity index (χ4n) is 14.7. The molecule has 4 aromatic rings. The normalized spacial score (nSPS) is 23.3. The van der Waals surface area contributed by atoms with Crippen molar-refractivity contribution in [1.82, 2.24) is 29.6 Å². The van der Waals surface area contributed by atoms with Gasteiger partial charge in [-0.25, -0.2) is 21.6 Å². The van der Waals surface area contributed by atoms with Gasteiger partial charge in [0.15, 0.2) is 0 Å². The van der Waals surface area contributed by atoms with Crippen molar-refractivity contribution in [3.63, 3.8) is 0 Å². The molecule has 0 spiro atoms. The van der Waals surface area contributed by atoms with Crippen LogP contribution in [0.2, 0.25) is 0 Å². The van der Waals surface area contributed by atoms with Gasteiger partial charge in [-0.05, 0) is 154 Å². The minimum absolute atomic E-state index is 0.00312. The van der Waals surface area contributed by atoms with E-state index in [0.29, 0.717) is 60.5 Å². The van der Waals surface area contributed by atoms with Crippen LogP contribution < -0.4 is 25.6 Å². The van der Waals surface area contributed by atoms with E-state index in [-0.39, 0.29) is 47.5 Å². The Morgan fingerprint density at radius 3 is 2.12 bits per heavy atom. The number of allylic oxidation sites excluding steroid dienone is 1. The fraction of sp³-hybridized carbons (Fsp3) is 0.522. The number of carbonyl (C=O) groups excluding carboxylic acids is 6. The summed E-state index contributed by atoms with van der Waals surface area (Å²) in [7, 11) is -11.0. The molecule has 494 valence electrons. The van der Waals surface area contributed by atoms with Crippen LogP contribution in [-0.4, -0.2) is 167 Å². The third-order valence-electron chi connectivity index (χ3n) is 20.0. The van der Waals surface area contributed by atoms with Crippen molar-refractivity contribution in [3.05, 3.63) is 119 Å². The molecule has 2 bridgehead atoms. The minimum atomic E-state index is -6.14. The van der Waals surface area contributed by atoms with Gasteiger partial charge < -0.3 is 25.3 Å². The molecule has 4 aliphatic carbocycles. The van der Waals surface area contributed by atoms with E-state index in [0.717, 1.165) is 99.2 Å². The van der Waals surface area contributed by atoms with Gasteiger partial charge in [-0.3, -0.25) is 43.9 Å². The van der Waals surface area contributed by atoms with Crippen LogP contribution in [0.25, 0.3) is 0 Å². The second-order valence-corrected chi connectivity index (χ2v) is 31.6. The number of hydrogen-bond acceptors (Lipinski definition) is 16. The van der Waals surface area contributed by atoms with Crippen molar-refractivity contribution in [2.75, 3.05) is 93.3 Å². The molecule has 6 amide bonds. The monoisotopic (exact) mass is 1330 g/mol. The quantitative estimate of drug-likeness (QED) is 0.0209. The van der Waals surface area contributed by atoms with Crippen molar-refractivity contribution in [2.45, 2.75) is 143 Å². The number of piperidine rings is 1. The number of nitrogens with zero attached hydrogens (tertiary/aromatic N) is 5. The van der Waals surface area contributed by atoms with Crippen molar-refractivity contribution in [2.24, 2.45) is 16.2 Å². The SMILES string of the molecule is CCC12CC(C3=C(CN4CCN(c5ccc(C(=O)NS(=O)(=O)c6ccc(N[C@H](CCN7CCN(CCCCCC(=O)Nc8cccc9c8C(=O)N(C8CCC(=O)NC8=O)C9=O)CC7)CSc7ccccc7)c(S(=O)(=O)C(F)(F)F)c6)cc5)CC4)CCC(C)(C)C3)(C1)C2. The number of imide groups is 2. The molecule has 19 nitrogen and oxygen atoms in total. The second-order valence-electron chi connectivity index (χ2n) is 26.9. The summed E-state index contributed by atoms with van der Waals surface area (Å²) in [6, 6.07) is 21.0. The lowest BCUT2D eigenvalue weighted by Gasteiger charge is -2.73. The lowest BCUT2D eigenvalue weighted by molar-refractivity contribution is -0.182. The van der Waals surface area contributed by atoms with Gasteiger partial charge >= 0.3 is 5.51 Å². The zero-order valence-corrected chi connectivity index (χ0v) is 54.8. The number of fused-ring (bicyclic) bond motifs is 1. The first kappa shape index (κ1) is 66.8. The number of halogens is 3. The average Bonchev–Trinajstić information content (AvgIpc) is 0.786. The van der Waals surface area contributed by atoms with Crippen molar-refractivity contribution < 1.29 is 58.8 Å². The first-order valence-corrected chi connectivity index (χ1v) is 36.1. The Hall–Kier alpha value is -6.64. The third-order valence-corrected chi connectivity index (χ3v) is 24.0. The zero-order valence-electron chi connectivity index (χ0n) is 52.4. The number of carbonyl (C=O) groups is 6. The molecule has 0 radical (unpaired) electrons. The molecule has 25 heteroatoms. The number of nitrogens with one attached hydrogen (secondary N) is 4. The predicted octanol–water partition coefficient (Wildman–Crippen LogP) is 9.49. The molecule has 12 rings (SSSR count). The number of sulfonamides is 1. The maximum absolute atomic E-state index is 14.5. The van der Waals surface area contributed by atoms with Gasteiger partial charge in [0.25, 0.3) is 37.6 Å². The van der Waals surface area contributed by atoms with Crippen LogP contribution in [0.3, 0.4) is 0 Å². The number of benzene rings is 4. The van der Waals surface area contributed by atoms with Crippen LogP contribution in [0.5, 0.6) is 0 Å². The smallest absolute Gasteiger partial charge is 0.380 e. The van der Waals surface area contributed by atoms with E-state index < -0.39 is 82.5 Å². The van der Waals surface area contributed by atoms with Crippen molar-refractivity contribution in [3.8, 4) is 0 Å². The molecule has 4 aromatic carbocycles. The summed E-state index contributed by atoms with van der Waals surface area (Å²) in [5, 5.41) is 7.98. The molecule has 2 atom stereocenters. The topological polar surface area (TPSA) is 235 Å². The molecule has 8 aliphatic rings. The molecule has 3 saturated carbocycles. The Morgan fingerprint density at radius 1 is 0.761 bits per heavy atom. The number of sulfone groups is 1. The van der Waals surface area contributed by atoms with E-state index in [2.05, 4.69) is 56.3 Å². The fourth-order valence-corrected chi connectivity index (χ4v) is 17.7. The van der Waals surface area contributed by atoms with E-state index in [1.54, 1.807) is 29.3 Å². The summed E-state index contributed by atoms with van der Waals surface area (Å²) in [4.78, 5) is 86.5. The lowest BCUT2D eigenvalue weighted by Crippen LogP contribution is -2.63. The summed E-state index contributed by atoms with van der Waals surface area (Å²) < 4.78 is 100.0. The van der Waals surface area contributed by atoms with E-state index in [4.69, 9.17) is 0 Å². The molecular weight excluding hydrogens is 1240 g/mol. The molecule has 1 unspecified atom stereocenters. The van der Waals surface area contributed by atoms with E-state index >= 15 is 0 Å². The van der Waals surface area contributed by atoms with Gasteiger partial charge in [-0.1, -0.05) is 69.0 Å². The van der Waals surface area contributed by atoms with E-state index in [1.165, 1.54) is 74.6 Å². The number of thioether (sulfide) groups is 1. The molecule has 4 heterocycles. The van der Waals surface area contributed by atoms with Crippen LogP contribution in [-0.2, 0) is 34.2 Å². The summed E-state index contributed by atoms with van der Waals surface area (Å²) in [5.41, 5.74) is -0.425. The van der Waals surface area contributed by atoms with Gasteiger partial charge in [-0.2, -0.15) is 13.2 Å². The van der Waals surface area contributed by atoms with Gasteiger partial charge in [-0.15, -0.1) is 11.8 Å². The van der Waals surface area contributed by atoms with Crippen LogP contribution in [0.1, 0.15) is 142 Å². The molecule has 0 aromatic heterocycles. The van der Waals surface area contributed by atoms with Gasteiger partial charge in [0.1, 0.15) is 10.9 Å². The maximum atomic E-state index is 14.5. The molecule has 4 N–H and O–H groups in total. The summed E-state index contributed by atoms with van der Waals surface area (Å²) in [6.07, 6.45) is 11.5. The zero-order chi connectivity index (χ0) is 65.4. The first-order chi connectivity index (χ1) is 43.7. The number of alkyl halides is 3. The first-order valence-electron chi connectivity index (χ1n) is 32.1. The summed E-state index contributed by atoms with van der Waals surface area (Å²) in [5.74, 6) is -3.66. The predicted molar refractivity (Wildman–Crippen MR) is 345 cm³/mol. The molecule has 6 fully saturated rings. The largest absolute Gasteiger partial charge is 0.501 e. The Morgan fingerprint density at radius 2 is 1.45 bits per heavy atom. The Kier molecular flexibility index (Phi) is 19.6. The molecular formula is C67H82F3N9O10S3. The van der Waals surface area contributed by atoms with Crippen LogP contribution in [0, 0.1) is 16.2 Å². The van der Waals surface area contributed by atoms with Gasteiger partial charge in [0, 0.05) is 106 Å². The Labute approximate surface area is 541 Å². The van der Waals surface area contributed by atoms with E-state index in [1.807, 2.05) is 35.1 Å². The number of piperazine rings is 2. The second kappa shape index (κ2) is 27.0. The Balaban J connectivity index is 0.661. The lowest BCUT2D eigenvalue weighted by atomic mass is 9.31. The average molecular weight is 1330 g/mol. The minimum Gasteiger partial charge on any atom is -0.380 e. The van der Waals surface area contributed by atoms with Gasteiger partial charge in [0.05, 0.1) is 27.4 Å². The summed E-state index contributed by atoms with van der Waals surface area (Å²) >= 11 is 1.43.